The van der Waals surface area contributed by atoms with Crippen molar-refractivity contribution < 1.29 is 9.59 Å². The summed E-state index contributed by atoms with van der Waals surface area (Å²) >= 11 is 6.60. The summed E-state index contributed by atoms with van der Waals surface area (Å²) in [4.78, 5) is 95.8. The molecule has 0 radical (unpaired) electrons. The van der Waals surface area contributed by atoms with E-state index in [1.807, 2.05) is 158 Å². The lowest BCUT2D eigenvalue weighted by Crippen LogP contribution is -2.14. The van der Waals surface area contributed by atoms with Gasteiger partial charge in [0.25, 0.3) is 5.91 Å². The Bertz CT molecular complexity index is 8870. The van der Waals surface area contributed by atoms with E-state index in [9.17, 15) is 9.59 Å². The Morgan fingerprint density at radius 2 is 0.643 bits per heavy atom. The Morgan fingerprint density at radius 1 is 0.315 bits per heavy atom. The van der Waals surface area contributed by atoms with Crippen molar-refractivity contribution in [3.63, 3.8) is 0 Å². The number of aromatic nitrogens is 24. The van der Waals surface area contributed by atoms with Crippen LogP contribution in [0, 0.1) is 0 Å². The highest BCUT2D eigenvalue weighted by atomic mass is 32.1. The minimum absolute atomic E-state index is 0.0890. The zero-order valence-corrected chi connectivity index (χ0v) is 80.0. The van der Waals surface area contributed by atoms with E-state index in [1.165, 1.54) is 5.56 Å². The molecule has 20 aromatic heterocycles. The third kappa shape index (κ3) is 18.6. The number of anilines is 3. The van der Waals surface area contributed by atoms with Crippen molar-refractivity contribution in [2.45, 2.75) is 32.9 Å². The Hall–Kier alpha value is -18.2. The molecule has 20 heterocycles. The van der Waals surface area contributed by atoms with Crippen LogP contribution in [-0.4, -0.2) is 157 Å². The second-order valence-electron chi connectivity index (χ2n) is 34.6. The number of nitrogens with one attached hydrogen (secondary N) is 11. The molecule has 0 atom stereocenters. The lowest BCUT2D eigenvalue weighted by molar-refractivity contribution is -0.115. The number of thiophene rings is 4. The Labute approximate surface area is 830 Å². The minimum Gasteiger partial charge on any atom is -0.382 e. The van der Waals surface area contributed by atoms with Crippen molar-refractivity contribution in [2.75, 3.05) is 30.0 Å². The Balaban J connectivity index is 0.000000106. The standard InChI is InChI=1S/C30H21N7OS.C29H19N7OS.2C25H21N7S/c38-27(10-18-4-2-1-3-5-18)33-22-11-21(13-31-14-22)19-6-7-25-23(12-19)29(37-36-25)30-34-26-16-32-15-24(28(26)35-30)20-8-9-39-17-20;37-29(17-4-2-1-3-5-17)32-21-10-20(12-30-13-21)18-6-7-24-22(11-18)27(36-35-24)28-33-25-15-31-14-23(26(25)34-28)19-8-9-38-16-19;1-32(2)13-15-7-18(10-26-9-15)16-3-4-21-19(8-16)24(31-30-21)25-28-22-12-27-11-20(23(22)29-25)17-5-6-33-14-17;1-14(2)28-18-7-17(9-26-10-18)15-3-4-21-19(8-15)24(32-31-21)25-29-22-12-27-11-20(23(22)30-25)16-5-6-33-13-16/h1-9,11-17H,10H2,(H,33,38)(H,34,35)(H,36,37);1-16H,(H,32,37)(H,33,34)(H,35,36);3-12,14H,13H2,1-2H3,(H,28,29)(H,30,31);3-14,28H,1-2H3,(H,29,30)(H,31,32). The molecule has 0 bridgehead atoms. The maximum Gasteiger partial charge on any atom is 0.255 e. The van der Waals surface area contributed by atoms with Gasteiger partial charge in [0.1, 0.15) is 44.8 Å². The van der Waals surface area contributed by atoms with Gasteiger partial charge in [-0.25, -0.2) is 19.9 Å². The summed E-state index contributed by atoms with van der Waals surface area (Å²) in [5.41, 5.74) is 35.0. The number of pyridine rings is 8. The van der Waals surface area contributed by atoms with E-state index in [2.05, 4.69) is 261 Å². The molecule has 2 amide bonds. The van der Waals surface area contributed by atoms with Gasteiger partial charge in [0.2, 0.25) is 5.91 Å². The van der Waals surface area contributed by atoms with Crippen LogP contribution in [0.2, 0.25) is 0 Å². The van der Waals surface area contributed by atoms with Crippen LogP contribution < -0.4 is 16.0 Å². The number of rotatable bonds is 21. The average molecular weight is 1940 g/mol. The zero-order valence-electron chi connectivity index (χ0n) is 76.7. The molecule has 30 nitrogen and oxygen atoms in total. The van der Waals surface area contributed by atoms with Crippen LogP contribution in [-0.2, 0) is 17.8 Å². The molecule has 0 spiro atoms. The summed E-state index contributed by atoms with van der Waals surface area (Å²) in [6.45, 7) is 5.08. The molecule has 0 aliphatic carbocycles. The summed E-state index contributed by atoms with van der Waals surface area (Å²) in [5.74, 6) is 2.49. The van der Waals surface area contributed by atoms with Gasteiger partial charge in [0.05, 0.1) is 105 Å². The van der Waals surface area contributed by atoms with Crippen molar-refractivity contribution in [3.8, 4) is 135 Å². The van der Waals surface area contributed by atoms with E-state index in [1.54, 1.807) is 101 Å². The maximum absolute atomic E-state index is 12.6. The molecular formula is C109H82N28O2S4. The lowest BCUT2D eigenvalue weighted by Gasteiger charge is -2.11. The first-order chi connectivity index (χ1) is 70.2. The highest BCUT2D eigenvalue weighted by Crippen LogP contribution is 2.41. The molecule has 0 fully saturated rings. The number of carbonyl (C=O) groups excluding carboxylic acids is 2. The number of benzene rings is 6. The molecule has 0 aliphatic rings. The van der Waals surface area contributed by atoms with E-state index < -0.39 is 0 Å². The quantitative estimate of drug-likeness (QED) is 0.0318. The van der Waals surface area contributed by atoms with E-state index in [0.717, 1.165) is 223 Å². The maximum atomic E-state index is 12.6. The van der Waals surface area contributed by atoms with Gasteiger partial charge in [-0.05, 0) is 236 Å². The molecule has 143 heavy (non-hydrogen) atoms. The van der Waals surface area contributed by atoms with Crippen LogP contribution in [0.15, 0.2) is 324 Å². The normalized spacial score (nSPS) is 11.5. The van der Waals surface area contributed by atoms with Crippen molar-refractivity contribution >= 4 is 162 Å². The zero-order chi connectivity index (χ0) is 96.4. The number of H-pyrrole nitrogens is 8. The third-order valence-corrected chi connectivity index (χ3v) is 26.9. The first-order valence-electron chi connectivity index (χ1n) is 45.6. The molecule has 26 aromatic rings. The lowest BCUT2D eigenvalue weighted by atomic mass is 10.0. The van der Waals surface area contributed by atoms with Crippen LogP contribution in [0.1, 0.15) is 35.3 Å². The van der Waals surface area contributed by atoms with Crippen molar-refractivity contribution in [3.05, 3.63) is 341 Å². The molecule has 34 heteroatoms. The number of imidazole rings is 4. The van der Waals surface area contributed by atoms with Gasteiger partial charge in [-0.3, -0.25) is 69.9 Å². The van der Waals surface area contributed by atoms with E-state index in [-0.39, 0.29) is 11.8 Å². The van der Waals surface area contributed by atoms with Gasteiger partial charge in [0, 0.05) is 146 Å². The molecule has 11 N–H and O–H groups in total. The van der Waals surface area contributed by atoms with Crippen LogP contribution in [0.25, 0.3) is 223 Å². The highest BCUT2D eigenvalue weighted by Gasteiger charge is 2.24. The fourth-order valence-electron chi connectivity index (χ4n) is 17.4. The Morgan fingerprint density at radius 3 is 0.993 bits per heavy atom. The van der Waals surface area contributed by atoms with Gasteiger partial charge in [0.15, 0.2) is 23.3 Å². The van der Waals surface area contributed by atoms with E-state index in [4.69, 9.17) is 19.9 Å². The molecule has 26 rings (SSSR count). The number of hydrogen-bond acceptors (Lipinski definition) is 24. The molecule has 0 saturated carbocycles. The first kappa shape index (κ1) is 88.7. The second-order valence-corrected chi connectivity index (χ2v) is 37.7. The predicted octanol–water partition coefficient (Wildman–Crippen LogP) is 24.5. The number of amides is 2. The smallest absolute Gasteiger partial charge is 0.255 e. The summed E-state index contributed by atoms with van der Waals surface area (Å²) in [6, 6.07) is 60.2. The Kier molecular flexibility index (Phi) is 24.2. The fraction of sp³-hybridized carbons (Fsp3) is 0.0642. The van der Waals surface area contributed by atoms with Crippen LogP contribution in [0.5, 0.6) is 0 Å². The van der Waals surface area contributed by atoms with Crippen LogP contribution in [0.4, 0.5) is 17.1 Å². The average Bonchev–Trinajstić information content (AvgIpc) is 1.63. The van der Waals surface area contributed by atoms with E-state index in [0.29, 0.717) is 46.9 Å². The SMILES string of the molecule is CC(C)Nc1cncc(-c2ccc3[nH]nc(-c4nc5c(-c6ccsc6)cncc5[nH]4)c3c2)c1.CN(C)Cc1cncc(-c2ccc3[nH]nc(-c4nc5c(-c6ccsc6)cncc5[nH]4)c3c2)c1.O=C(Cc1ccccc1)Nc1cncc(-c2ccc3[nH]nc(-c4nc5c(-c6ccsc6)cncc5[nH]4)c3c2)c1.O=C(Nc1cncc(-c2ccc3[nH]nc(-c4nc5c(-c6ccsc6)cncc5[nH]4)c3c2)c1)c1ccccc1. The number of aromatic amines is 8. The molecular weight excluding hydrogens is 1860 g/mol. The summed E-state index contributed by atoms with van der Waals surface area (Å²) < 4.78 is 0. The number of hydrogen-bond donors (Lipinski definition) is 11. The number of fused-ring (bicyclic) bond motifs is 8. The van der Waals surface area contributed by atoms with Crippen LogP contribution >= 0.6 is 45.3 Å². The summed E-state index contributed by atoms with van der Waals surface area (Å²) in [7, 11) is 4.12. The number of carbonyl (C=O) groups is 2. The van der Waals surface area contributed by atoms with Crippen LogP contribution in [0.3, 0.4) is 0 Å². The van der Waals surface area contributed by atoms with E-state index >= 15 is 0 Å². The molecule has 0 unspecified atom stereocenters. The van der Waals surface area contributed by atoms with Crippen molar-refractivity contribution in [1.29, 1.82) is 0 Å². The van der Waals surface area contributed by atoms with Gasteiger partial charge >= 0.3 is 0 Å². The van der Waals surface area contributed by atoms with Crippen molar-refractivity contribution in [1.82, 2.24) is 125 Å². The topological polar surface area (TPSA) is 406 Å². The second kappa shape index (κ2) is 39.0. The summed E-state index contributed by atoms with van der Waals surface area (Å²) in [5, 5.41) is 60.6. The summed E-state index contributed by atoms with van der Waals surface area (Å²) in [6.07, 6.45) is 29.3. The predicted molar refractivity (Wildman–Crippen MR) is 571 cm³/mol. The monoisotopic (exact) mass is 1940 g/mol. The van der Waals surface area contributed by atoms with Crippen molar-refractivity contribution in [2.24, 2.45) is 0 Å². The highest BCUT2D eigenvalue weighted by molar-refractivity contribution is 7.09. The molecule has 694 valence electrons. The molecule has 0 aliphatic heterocycles. The largest absolute Gasteiger partial charge is 0.382 e. The van der Waals surface area contributed by atoms with Gasteiger partial charge in [-0.2, -0.15) is 65.7 Å². The van der Waals surface area contributed by atoms with Gasteiger partial charge < -0.3 is 40.8 Å². The minimum atomic E-state index is -0.182. The third-order valence-electron chi connectivity index (χ3n) is 24.1. The first-order valence-corrected chi connectivity index (χ1v) is 49.3. The molecule has 0 saturated heterocycles. The number of nitrogens with zero attached hydrogens (tertiary/aromatic N) is 17. The fourth-order valence-corrected chi connectivity index (χ4v) is 20.0. The van der Waals surface area contributed by atoms with Gasteiger partial charge in [-0.1, -0.05) is 72.8 Å². The molecule has 6 aromatic carbocycles. The van der Waals surface area contributed by atoms with Gasteiger partial charge in [-0.15, -0.1) is 0 Å².